The van der Waals surface area contributed by atoms with Crippen LogP contribution < -0.4 is 11.2 Å². The lowest BCUT2D eigenvalue weighted by atomic mass is 10.1. The van der Waals surface area contributed by atoms with Gasteiger partial charge in [0.15, 0.2) is 11.5 Å². The van der Waals surface area contributed by atoms with Gasteiger partial charge in [-0.3, -0.25) is 13.9 Å². The van der Waals surface area contributed by atoms with Crippen molar-refractivity contribution in [3.8, 4) is 11.4 Å². The number of hydrogen-bond donors (Lipinski definition) is 0. The normalized spacial score (nSPS) is 12.5. The van der Waals surface area contributed by atoms with E-state index >= 15 is 0 Å². The van der Waals surface area contributed by atoms with Crippen molar-refractivity contribution in [1.82, 2.24) is 19.1 Å². The van der Waals surface area contributed by atoms with Crippen LogP contribution in [-0.4, -0.2) is 24.4 Å². The van der Waals surface area contributed by atoms with E-state index in [0.29, 0.717) is 27.1 Å². The van der Waals surface area contributed by atoms with Gasteiger partial charge < -0.3 is 0 Å². The van der Waals surface area contributed by atoms with E-state index in [2.05, 4.69) is 18.8 Å². The molecule has 26 heavy (non-hydrogen) atoms. The van der Waals surface area contributed by atoms with E-state index in [9.17, 15) is 9.59 Å². The number of hydrogen-bond acceptors (Lipinski definition) is 5. The Bertz CT molecular complexity index is 1100. The van der Waals surface area contributed by atoms with Crippen molar-refractivity contribution in [3.05, 3.63) is 50.7 Å². The van der Waals surface area contributed by atoms with Crippen LogP contribution in [0.4, 0.5) is 0 Å². The molecule has 0 aliphatic heterocycles. The van der Waals surface area contributed by atoms with E-state index in [-0.39, 0.29) is 5.56 Å². The molecule has 0 saturated heterocycles. The molecule has 0 unspecified atom stereocenters. The van der Waals surface area contributed by atoms with Crippen molar-refractivity contribution < 1.29 is 0 Å². The van der Waals surface area contributed by atoms with Crippen LogP contribution >= 0.6 is 11.8 Å². The van der Waals surface area contributed by atoms with Gasteiger partial charge in [-0.2, -0.15) is 0 Å². The number of nitrogens with zero attached hydrogens (tertiary/aromatic N) is 4. The standard InChI is InChI=1S/C19H22N4O2S/c1-6-12(3)26-17-14-16(22(4)19(25)23(5)18(14)24)20-15(21-17)13-10-8-7-9-11(13)2/h7-10,12H,6H2,1-5H3/t12-/m0/s1. The van der Waals surface area contributed by atoms with Gasteiger partial charge in [0.1, 0.15) is 10.4 Å². The van der Waals surface area contributed by atoms with Gasteiger partial charge in [-0.25, -0.2) is 14.8 Å². The zero-order valence-corrected chi connectivity index (χ0v) is 16.4. The molecule has 0 radical (unpaired) electrons. The maximum Gasteiger partial charge on any atom is 0.332 e. The smallest absolute Gasteiger partial charge is 0.280 e. The molecule has 0 amide bonds. The average Bonchev–Trinajstić information content (AvgIpc) is 2.64. The maximum atomic E-state index is 12.8. The Morgan fingerprint density at radius 3 is 2.46 bits per heavy atom. The number of benzene rings is 1. The fourth-order valence-corrected chi connectivity index (χ4v) is 3.72. The largest absolute Gasteiger partial charge is 0.332 e. The number of aryl methyl sites for hydroxylation is 2. The van der Waals surface area contributed by atoms with Crippen LogP contribution in [0.1, 0.15) is 25.8 Å². The summed E-state index contributed by atoms with van der Waals surface area (Å²) < 4.78 is 2.53. The van der Waals surface area contributed by atoms with E-state index in [1.54, 1.807) is 18.8 Å². The number of aromatic nitrogens is 4. The van der Waals surface area contributed by atoms with Crippen molar-refractivity contribution in [3.63, 3.8) is 0 Å². The highest BCUT2D eigenvalue weighted by atomic mass is 32.2. The minimum Gasteiger partial charge on any atom is -0.280 e. The molecule has 2 aromatic heterocycles. The third-order valence-electron chi connectivity index (χ3n) is 4.54. The fourth-order valence-electron chi connectivity index (χ4n) is 2.73. The van der Waals surface area contributed by atoms with E-state index < -0.39 is 5.69 Å². The third-order valence-corrected chi connectivity index (χ3v) is 5.79. The van der Waals surface area contributed by atoms with Gasteiger partial charge in [0, 0.05) is 24.9 Å². The van der Waals surface area contributed by atoms with Gasteiger partial charge in [0.25, 0.3) is 5.56 Å². The maximum absolute atomic E-state index is 12.8. The summed E-state index contributed by atoms with van der Waals surface area (Å²) in [6, 6.07) is 7.83. The molecule has 3 aromatic rings. The van der Waals surface area contributed by atoms with Crippen LogP contribution in [0.15, 0.2) is 38.9 Å². The van der Waals surface area contributed by atoms with Gasteiger partial charge in [-0.15, -0.1) is 11.8 Å². The molecule has 7 heteroatoms. The molecule has 0 fully saturated rings. The first-order chi connectivity index (χ1) is 12.3. The van der Waals surface area contributed by atoms with E-state index in [1.165, 1.54) is 11.6 Å². The lowest BCUT2D eigenvalue weighted by Gasteiger charge is -2.14. The topological polar surface area (TPSA) is 69.8 Å². The van der Waals surface area contributed by atoms with Crippen LogP contribution in [0.3, 0.4) is 0 Å². The summed E-state index contributed by atoms with van der Waals surface area (Å²) >= 11 is 1.55. The zero-order chi connectivity index (χ0) is 19.0. The lowest BCUT2D eigenvalue weighted by Crippen LogP contribution is -2.37. The summed E-state index contributed by atoms with van der Waals surface area (Å²) in [5.74, 6) is 0.532. The zero-order valence-electron chi connectivity index (χ0n) is 15.6. The summed E-state index contributed by atoms with van der Waals surface area (Å²) in [6.07, 6.45) is 0.946. The van der Waals surface area contributed by atoms with Gasteiger partial charge >= 0.3 is 5.69 Å². The molecule has 0 bridgehead atoms. The number of rotatable bonds is 4. The SMILES string of the molecule is CC[C@H](C)Sc1nc(-c2ccccc2C)nc2c1c(=O)n(C)c(=O)n2C. The van der Waals surface area contributed by atoms with Crippen LogP contribution in [-0.2, 0) is 14.1 Å². The second-order valence-corrected chi connectivity index (χ2v) is 7.84. The van der Waals surface area contributed by atoms with Crippen molar-refractivity contribution >= 4 is 22.8 Å². The average molecular weight is 370 g/mol. The van der Waals surface area contributed by atoms with Crippen LogP contribution in [0.25, 0.3) is 22.4 Å². The highest BCUT2D eigenvalue weighted by molar-refractivity contribution is 8.00. The number of thioether (sulfide) groups is 1. The van der Waals surface area contributed by atoms with Crippen LogP contribution in [0.5, 0.6) is 0 Å². The van der Waals surface area contributed by atoms with E-state index in [1.807, 2.05) is 31.2 Å². The molecule has 3 rings (SSSR count). The molecule has 0 spiro atoms. The van der Waals surface area contributed by atoms with Crippen molar-refractivity contribution in [2.45, 2.75) is 37.5 Å². The Balaban J connectivity index is 2.42. The van der Waals surface area contributed by atoms with Gasteiger partial charge in [0.2, 0.25) is 0 Å². The molecular formula is C19H22N4O2S. The second-order valence-electron chi connectivity index (χ2n) is 6.41. The highest BCUT2D eigenvalue weighted by Crippen LogP contribution is 2.30. The molecule has 2 heterocycles. The molecule has 0 aliphatic rings. The molecule has 1 aromatic carbocycles. The van der Waals surface area contributed by atoms with E-state index in [0.717, 1.165) is 22.1 Å². The van der Waals surface area contributed by atoms with Gasteiger partial charge in [0.05, 0.1) is 0 Å². The Kier molecular flexibility index (Phi) is 5.00. The Morgan fingerprint density at radius 2 is 1.81 bits per heavy atom. The molecule has 136 valence electrons. The minimum atomic E-state index is -0.392. The Hall–Kier alpha value is -2.41. The Labute approximate surface area is 155 Å². The summed E-state index contributed by atoms with van der Waals surface area (Å²) in [5.41, 5.74) is 1.56. The van der Waals surface area contributed by atoms with Crippen molar-refractivity contribution in [2.24, 2.45) is 14.1 Å². The molecule has 0 aliphatic carbocycles. The quantitative estimate of drug-likeness (QED) is 0.522. The summed E-state index contributed by atoms with van der Waals surface area (Å²) in [7, 11) is 3.12. The lowest BCUT2D eigenvalue weighted by molar-refractivity contribution is 0.703. The van der Waals surface area contributed by atoms with Gasteiger partial charge in [-0.05, 0) is 18.9 Å². The molecular weight excluding hydrogens is 348 g/mol. The Morgan fingerprint density at radius 1 is 1.12 bits per heavy atom. The first kappa shape index (κ1) is 18.4. The summed E-state index contributed by atoms with van der Waals surface area (Å²) in [5, 5.41) is 1.32. The first-order valence-electron chi connectivity index (χ1n) is 8.55. The van der Waals surface area contributed by atoms with Gasteiger partial charge in [-0.1, -0.05) is 38.1 Å². The van der Waals surface area contributed by atoms with Crippen LogP contribution in [0, 0.1) is 6.92 Å². The summed E-state index contributed by atoms with van der Waals surface area (Å²) in [6.45, 7) is 6.18. The monoisotopic (exact) mass is 370 g/mol. The van der Waals surface area contributed by atoms with E-state index in [4.69, 9.17) is 4.98 Å². The van der Waals surface area contributed by atoms with Crippen molar-refractivity contribution in [2.75, 3.05) is 0 Å². The fraction of sp³-hybridized carbons (Fsp3) is 0.368. The molecule has 6 nitrogen and oxygen atoms in total. The second kappa shape index (κ2) is 7.07. The highest BCUT2D eigenvalue weighted by Gasteiger charge is 2.19. The molecule has 0 saturated carbocycles. The summed E-state index contributed by atoms with van der Waals surface area (Å²) in [4.78, 5) is 34.4. The predicted octanol–water partition coefficient (Wildman–Crippen LogP) is 2.89. The molecule has 1 atom stereocenters. The number of fused-ring (bicyclic) bond motifs is 1. The third kappa shape index (κ3) is 3.07. The predicted molar refractivity (Wildman–Crippen MR) is 106 cm³/mol. The van der Waals surface area contributed by atoms with Crippen LogP contribution in [0.2, 0.25) is 0 Å². The minimum absolute atomic E-state index is 0.291. The van der Waals surface area contributed by atoms with Crippen molar-refractivity contribution in [1.29, 1.82) is 0 Å². The molecule has 0 N–H and O–H groups in total. The first-order valence-corrected chi connectivity index (χ1v) is 9.43.